The zero-order chi connectivity index (χ0) is 4.71. The number of hydrogen-bond donors (Lipinski definition) is 1. The molecule has 0 saturated carbocycles. The minimum absolute atomic E-state index is 1.88. The molecule has 1 N–H and O–H groups in total. The summed E-state index contributed by atoms with van der Waals surface area (Å²) in [6.07, 6.45) is 0. The molecule has 0 radical (unpaired) electrons. The van der Waals surface area contributed by atoms with Crippen LogP contribution in [0.4, 0.5) is 0 Å². The molecular weight excluding hydrogens is 101 g/mol. The van der Waals surface area contributed by atoms with E-state index in [1.165, 1.54) is 0 Å². The standard InChI is InChI=1S/C2H7N.CH2.V/c1-3-2;;/h3H,1-2H3;1H2;. The van der Waals surface area contributed by atoms with Crippen LogP contribution in [-0.4, -0.2) is 19.3 Å². The Hall–Kier alpha value is 0.414. The van der Waals surface area contributed by atoms with Gasteiger partial charge >= 0.3 is 22.2 Å². The van der Waals surface area contributed by atoms with Gasteiger partial charge < -0.3 is 5.32 Å². The van der Waals surface area contributed by atoms with E-state index in [2.05, 4.69) is 27.5 Å². The van der Waals surface area contributed by atoms with Crippen molar-refractivity contribution in [2.75, 3.05) is 14.1 Å². The van der Waals surface area contributed by atoms with E-state index in [0.29, 0.717) is 0 Å². The second-order valence-electron chi connectivity index (χ2n) is 0.500. The summed E-state index contributed by atoms with van der Waals surface area (Å²) < 4.78 is 0. The summed E-state index contributed by atoms with van der Waals surface area (Å²) >= 11 is 2.06. The Balaban J connectivity index is 0. The Labute approximate surface area is 42.3 Å². The molecule has 0 aromatic carbocycles. The molecule has 0 aliphatic rings. The Morgan fingerprint density at radius 1 is 1.40 bits per heavy atom. The zero-order valence-corrected chi connectivity index (χ0v) is 5.05. The van der Waals surface area contributed by atoms with E-state index in [4.69, 9.17) is 0 Å². The Morgan fingerprint density at radius 3 is 1.40 bits per heavy atom. The molecule has 0 spiro atoms. The monoisotopic (exact) mass is 110 g/mol. The normalized spacial score (nSPS) is 4.20. The van der Waals surface area contributed by atoms with Crippen LogP contribution < -0.4 is 5.32 Å². The second kappa shape index (κ2) is 25.7. The van der Waals surface area contributed by atoms with Crippen LogP contribution in [0.5, 0.6) is 0 Å². The molecule has 0 atom stereocenters. The van der Waals surface area contributed by atoms with Gasteiger partial charge in [-0.1, -0.05) is 0 Å². The van der Waals surface area contributed by atoms with Crippen molar-refractivity contribution in [3.05, 3.63) is 0 Å². The molecule has 0 saturated heterocycles. The van der Waals surface area contributed by atoms with Gasteiger partial charge in [0.15, 0.2) is 0 Å². The second-order valence-corrected chi connectivity index (χ2v) is 0.500. The average Bonchev–Trinajstić information content (AvgIpc) is 1.46. The first-order valence-electron chi connectivity index (χ1n) is 1.32. The molecule has 0 amide bonds. The third kappa shape index (κ3) is 150. The predicted octanol–water partition coefficient (Wildman–Crippen LogP) is -0.199. The molecule has 5 heavy (non-hydrogen) atoms. The SMILES string of the molecule is CNC.[CH2]=[V]. The van der Waals surface area contributed by atoms with E-state index in [0.717, 1.165) is 0 Å². The molecule has 1 nitrogen and oxygen atoms in total. The van der Waals surface area contributed by atoms with Crippen LogP contribution in [0.25, 0.3) is 0 Å². The maximum atomic E-state index is 3.19. The van der Waals surface area contributed by atoms with Gasteiger partial charge in [0.1, 0.15) is 0 Å². The first-order valence-corrected chi connectivity index (χ1v) is 2.30. The summed E-state index contributed by atoms with van der Waals surface area (Å²) in [5.41, 5.74) is 0. The van der Waals surface area contributed by atoms with Gasteiger partial charge in [-0.2, -0.15) is 0 Å². The molecule has 0 rings (SSSR count). The molecule has 0 aliphatic heterocycles. The van der Waals surface area contributed by atoms with Gasteiger partial charge in [-0.15, -0.1) is 0 Å². The molecule has 31 valence electrons. The van der Waals surface area contributed by atoms with Crippen LogP contribution in [-0.2, 0) is 17.0 Å². The molecule has 0 aliphatic carbocycles. The van der Waals surface area contributed by atoms with E-state index < -0.39 is 0 Å². The van der Waals surface area contributed by atoms with Crippen molar-refractivity contribution in [1.82, 2.24) is 5.32 Å². The van der Waals surface area contributed by atoms with Gasteiger partial charge in [0, 0.05) is 0 Å². The number of rotatable bonds is 0. The fourth-order valence-corrected chi connectivity index (χ4v) is 0. The third-order valence-corrected chi connectivity index (χ3v) is 0. The fraction of sp³-hybridized carbons (Fsp3) is 0.667. The van der Waals surface area contributed by atoms with Crippen LogP contribution in [0.15, 0.2) is 0 Å². The van der Waals surface area contributed by atoms with Crippen LogP contribution in [0, 0.1) is 0 Å². The van der Waals surface area contributed by atoms with Gasteiger partial charge in [0.2, 0.25) is 0 Å². The van der Waals surface area contributed by atoms with Gasteiger partial charge in [0.05, 0.1) is 0 Å². The van der Waals surface area contributed by atoms with Crippen LogP contribution in [0.2, 0.25) is 0 Å². The van der Waals surface area contributed by atoms with E-state index in [1.807, 2.05) is 14.1 Å². The Kier molecular flexibility index (Phi) is 46.6. The van der Waals surface area contributed by atoms with Gasteiger partial charge in [-0.05, 0) is 14.1 Å². The summed E-state index contributed by atoms with van der Waals surface area (Å²) in [6, 6.07) is 0. The van der Waals surface area contributed by atoms with Crippen molar-refractivity contribution >= 4 is 5.23 Å². The topological polar surface area (TPSA) is 12.0 Å². The van der Waals surface area contributed by atoms with Crippen molar-refractivity contribution in [3.8, 4) is 0 Å². The zero-order valence-electron chi connectivity index (χ0n) is 3.65. The summed E-state index contributed by atoms with van der Waals surface area (Å²) in [7, 11) is 3.75. The van der Waals surface area contributed by atoms with Crippen LogP contribution in [0.3, 0.4) is 0 Å². The van der Waals surface area contributed by atoms with Crippen molar-refractivity contribution in [3.63, 3.8) is 0 Å². The van der Waals surface area contributed by atoms with E-state index in [9.17, 15) is 0 Å². The molecular formula is C3H9NV. The fourth-order valence-electron chi connectivity index (χ4n) is 0. The van der Waals surface area contributed by atoms with Crippen molar-refractivity contribution in [2.45, 2.75) is 0 Å². The molecule has 0 heterocycles. The van der Waals surface area contributed by atoms with Gasteiger partial charge in [-0.3, -0.25) is 0 Å². The number of nitrogens with one attached hydrogen (secondary N) is 1. The molecule has 0 fully saturated rings. The van der Waals surface area contributed by atoms with Gasteiger partial charge in [-0.25, -0.2) is 0 Å². The Morgan fingerprint density at radius 2 is 1.40 bits per heavy atom. The van der Waals surface area contributed by atoms with E-state index in [-0.39, 0.29) is 0 Å². The minimum atomic E-state index is 1.88. The average molecular weight is 110 g/mol. The molecule has 0 aromatic rings. The van der Waals surface area contributed by atoms with Crippen LogP contribution in [0.1, 0.15) is 0 Å². The number of hydrogen-bond acceptors (Lipinski definition) is 1. The summed E-state index contributed by atoms with van der Waals surface area (Å²) in [5.74, 6) is 0. The predicted molar refractivity (Wildman–Crippen MR) is 22.1 cm³/mol. The first-order chi connectivity index (χ1) is 2.41. The quantitative estimate of drug-likeness (QED) is 0.455. The summed E-state index contributed by atoms with van der Waals surface area (Å²) in [5, 5.41) is 5.94. The van der Waals surface area contributed by atoms with Crippen molar-refractivity contribution in [2.24, 2.45) is 0 Å². The Bertz CT molecular complexity index is 10.9. The van der Waals surface area contributed by atoms with Crippen LogP contribution >= 0.6 is 0 Å². The molecule has 2 heteroatoms. The van der Waals surface area contributed by atoms with Gasteiger partial charge in [0.25, 0.3) is 0 Å². The molecule has 0 bridgehead atoms. The molecule has 0 aromatic heterocycles. The third-order valence-electron chi connectivity index (χ3n) is 0. The van der Waals surface area contributed by atoms with E-state index >= 15 is 0 Å². The van der Waals surface area contributed by atoms with E-state index in [1.54, 1.807) is 0 Å². The maximum absolute atomic E-state index is 3.19. The van der Waals surface area contributed by atoms with Crippen molar-refractivity contribution in [1.29, 1.82) is 0 Å². The summed E-state index contributed by atoms with van der Waals surface area (Å²) in [6.45, 7) is 0. The first kappa shape index (κ1) is 9.05. The summed E-state index contributed by atoms with van der Waals surface area (Å²) in [4.78, 5) is 0. The molecule has 0 unspecified atom stereocenters. The van der Waals surface area contributed by atoms with Crippen molar-refractivity contribution < 1.29 is 17.0 Å².